The van der Waals surface area contributed by atoms with Gasteiger partial charge >= 0.3 is 5.63 Å². The summed E-state index contributed by atoms with van der Waals surface area (Å²) in [5, 5.41) is 4.56. The number of fused-ring (bicyclic) bond motifs is 2. The zero-order chi connectivity index (χ0) is 23.3. The van der Waals surface area contributed by atoms with E-state index in [1.165, 1.54) is 44.6 Å². The Labute approximate surface area is 199 Å². The number of piperidine rings is 1. The summed E-state index contributed by atoms with van der Waals surface area (Å²) < 4.78 is 11.4. The second-order valence-corrected chi connectivity index (χ2v) is 10.3. The number of benzene rings is 2. The Morgan fingerprint density at radius 2 is 2.09 bits per heavy atom. The molecule has 2 bridgehead atoms. The Balaban J connectivity index is 1.22. The number of hydrogen-bond donors (Lipinski definition) is 1. The van der Waals surface area contributed by atoms with Gasteiger partial charge in [0.15, 0.2) is 5.78 Å². The molecule has 0 amide bonds. The molecule has 2 aliphatic carbocycles. The van der Waals surface area contributed by atoms with Gasteiger partial charge in [0.05, 0.1) is 6.61 Å². The molecule has 3 atom stereocenters. The highest BCUT2D eigenvalue weighted by Crippen LogP contribution is 2.54. The third kappa shape index (κ3) is 3.49. The standard InChI is InChI=1S/C29H31NO4/c1-18(31)22-15-20-8-9-21(16-27(20)34-28(22)32)33-14-10-19-5-4-7-24-23(19)17-26-25-6-2-3-11-29(24,25)12-13-30-26/h4-5,7-9,15-16,25-26,30H,2-3,6,10-14,17H2,1H3/t25-,26+,29-/m0/s1. The van der Waals surface area contributed by atoms with Crippen molar-refractivity contribution in [3.8, 4) is 5.75 Å². The van der Waals surface area contributed by atoms with Crippen molar-refractivity contribution >= 4 is 16.8 Å². The monoisotopic (exact) mass is 457 g/mol. The van der Waals surface area contributed by atoms with Gasteiger partial charge in [-0.2, -0.15) is 0 Å². The van der Waals surface area contributed by atoms with Gasteiger partial charge in [0.25, 0.3) is 0 Å². The van der Waals surface area contributed by atoms with Crippen molar-refractivity contribution in [2.24, 2.45) is 5.92 Å². The number of nitrogens with one attached hydrogen (secondary N) is 1. The minimum absolute atomic E-state index is 0.0777. The van der Waals surface area contributed by atoms with Crippen molar-refractivity contribution in [1.29, 1.82) is 0 Å². The first-order chi connectivity index (χ1) is 16.5. The van der Waals surface area contributed by atoms with Crippen LogP contribution in [0.5, 0.6) is 5.75 Å². The van der Waals surface area contributed by atoms with Crippen molar-refractivity contribution in [2.75, 3.05) is 13.2 Å². The average Bonchev–Trinajstić information content (AvgIpc) is 2.83. The number of ketones is 1. The summed E-state index contributed by atoms with van der Waals surface area (Å²) in [6.45, 7) is 3.07. The number of carbonyl (C=O) groups is 1. The molecule has 34 heavy (non-hydrogen) atoms. The predicted octanol–water partition coefficient (Wildman–Crippen LogP) is 4.96. The van der Waals surface area contributed by atoms with Crippen LogP contribution >= 0.6 is 0 Å². The lowest BCUT2D eigenvalue weighted by molar-refractivity contribution is 0.0794. The number of Topliss-reactive ketones (excluding diaryl/α,β-unsaturated/α-hetero) is 1. The summed E-state index contributed by atoms with van der Waals surface area (Å²) in [5.74, 6) is 1.16. The maximum Gasteiger partial charge on any atom is 0.347 e. The van der Waals surface area contributed by atoms with Gasteiger partial charge in [0.1, 0.15) is 16.9 Å². The van der Waals surface area contributed by atoms with Crippen LogP contribution in [-0.2, 0) is 18.3 Å². The Morgan fingerprint density at radius 1 is 1.18 bits per heavy atom. The Kier molecular flexibility index (Phi) is 5.33. The first kappa shape index (κ1) is 21.6. The number of carbonyl (C=O) groups excluding carboxylic acids is 1. The van der Waals surface area contributed by atoms with Crippen molar-refractivity contribution in [3.05, 3.63) is 75.1 Å². The smallest absolute Gasteiger partial charge is 0.347 e. The van der Waals surface area contributed by atoms with Crippen molar-refractivity contribution < 1.29 is 13.9 Å². The Hall–Kier alpha value is -2.92. The summed E-state index contributed by atoms with van der Waals surface area (Å²) >= 11 is 0. The van der Waals surface area contributed by atoms with E-state index in [4.69, 9.17) is 9.15 Å². The number of rotatable bonds is 5. The molecule has 1 N–H and O–H groups in total. The van der Waals surface area contributed by atoms with Crippen molar-refractivity contribution in [3.63, 3.8) is 0 Å². The van der Waals surface area contributed by atoms with Crippen LogP contribution in [0.3, 0.4) is 0 Å². The van der Waals surface area contributed by atoms with E-state index in [1.54, 1.807) is 23.3 Å². The summed E-state index contributed by atoms with van der Waals surface area (Å²) in [4.78, 5) is 23.7. The largest absolute Gasteiger partial charge is 0.493 e. The van der Waals surface area contributed by atoms with Crippen LogP contribution in [0.1, 0.15) is 66.1 Å². The van der Waals surface area contributed by atoms with Gasteiger partial charge in [-0.25, -0.2) is 4.79 Å². The van der Waals surface area contributed by atoms with Gasteiger partial charge < -0.3 is 14.5 Å². The minimum atomic E-state index is -0.604. The zero-order valence-electron chi connectivity index (χ0n) is 19.7. The average molecular weight is 458 g/mol. The summed E-state index contributed by atoms with van der Waals surface area (Å²) in [6.07, 6.45) is 8.64. The van der Waals surface area contributed by atoms with Gasteiger partial charge in [-0.3, -0.25) is 4.79 Å². The highest BCUT2D eigenvalue weighted by molar-refractivity contribution is 5.96. The van der Waals surface area contributed by atoms with Crippen LogP contribution in [-0.4, -0.2) is 25.0 Å². The van der Waals surface area contributed by atoms with Crippen molar-refractivity contribution in [2.45, 2.75) is 63.3 Å². The van der Waals surface area contributed by atoms with E-state index in [0.29, 0.717) is 29.4 Å². The fourth-order valence-electron chi connectivity index (χ4n) is 6.97. The quantitative estimate of drug-likeness (QED) is 0.433. The lowest BCUT2D eigenvalue weighted by Crippen LogP contribution is -2.59. The molecule has 1 saturated carbocycles. The number of ether oxygens (including phenoxy) is 1. The summed E-state index contributed by atoms with van der Waals surface area (Å²) in [5.41, 5.74) is 4.83. The van der Waals surface area contributed by atoms with E-state index in [-0.39, 0.29) is 11.3 Å². The van der Waals surface area contributed by atoms with Crippen LogP contribution in [0.4, 0.5) is 0 Å². The molecule has 1 aliphatic heterocycles. The lowest BCUT2D eigenvalue weighted by atomic mass is 9.52. The highest BCUT2D eigenvalue weighted by atomic mass is 16.5. The predicted molar refractivity (Wildman–Crippen MR) is 132 cm³/mol. The van der Waals surface area contributed by atoms with Gasteiger partial charge in [0.2, 0.25) is 0 Å². The lowest BCUT2D eigenvalue weighted by Gasteiger charge is -2.56. The molecule has 5 heteroatoms. The fourth-order valence-corrected chi connectivity index (χ4v) is 6.97. The SMILES string of the molecule is CC(=O)c1cc2ccc(OCCc3cccc4c3C[C@H]3NCC[C@@]45CCCC[C@@H]35)cc2oc1=O. The third-order valence-electron chi connectivity index (χ3n) is 8.52. The molecular formula is C29H31NO4. The van der Waals surface area contributed by atoms with Gasteiger partial charge in [-0.15, -0.1) is 0 Å². The normalized spacial score (nSPS) is 25.4. The molecule has 0 radical (unpaired) electrons. The van der Waals surface area contributed by atoms with Gasteiger partial charge in [-0.1, -0.05) is 31.0 Å². The first-order valence-electron chi connectivity index (χ1n) is 12.6. The van der Waals surface area contributed by atoms with E-state index >= 15 is 0 Å². The molecule has 1 aromatic heterocycles. The highest BCUT2D eigenvalue weighted by Gasteiger charge is 2.51. The maximum atomic E-state index is 12.1. The Morgan fingerprint density at radius 3 is 2.97 bits per heavy atom. The first-order valence-corrected chi connectivity index (χ1v) is 12.6. The van der Waals surface area contributed by atoms with Crippen LogP contribution < -0.4 is 15.7 Å². The van der Waals surface area contributed by atoms with E-state index in [2.05, 4.69) is 23.5 Å². The second kappa shape index (κ2) is 8.38. The van der Waals surface area contributed by atoms with Crippen LogP contribution in [0.15, 0.2) is 51.7 Å². The molecule has 5 nitrogen and oxygen atoms in total. The molecule has 3 aliphatic rings. The molecule has 0 spiro atoms. The molecule has 3 aromatic rings. The van der Waals surface area contributed by atoms with Crippen LogP contribution in [0.25, 0.3) is 11.0 Å². The van der Waals surface area contributed by atoms with Crippen LogP contribution in [0.2, 0.25) is 0 Å². The molecule has 176 valence electrons. The van der Waals surface area contributed by atoms with Crippen molar-refractivity contribution in [1.82, 2.24) is 5.32 Å². The number of hydrogen-bond acceptors (Lipinski definition) is 5. The summed E-state index contributed by atoms with van der Waals surface area (Å²) in [7, 11) is 0. The molecule has 0 unspecified atom stereocenters. The zero-order valence-corrected chi connectivity index (χ0v) is 19.7. The second-order valence-electron chi connectivity index (χ2n) is 10.3. The molecular weight excluding hydrogens is 426 g/mol. The van der Waals surface area contributed by atoms with Gasteiger partial charge in [0, 0.05) is 29.3 Å². The van der Waals surface area contributed by atoms with E-state index in [1.807, 2.05) is 12.1 Å². The summed E-state index contributed by atoms with van der Waals surface area (Å²) in [6, 6.07) is 14.5. The van der Waals surface area contributed by atoms with Crippen LogP contribution in [0, 0.1) is 5.92 Å². The topological polar surface area (TPSA) is 68.5 Å². The molecule has 6 rings (SSSR count). The molecule has 2 heterocycles. The molecule has 1 saturated heterocycles. The maximum absolute atomic E-state index is 12.1. The molecule has 2 fully saturated rings. The van der Waals surface area contributed by atoms with E-state index in [9.17, 15) is 9.59 Å². The third-order valence-corrected chi connectivity index (χ3v) is 8.52. The molecule has 2 aromatic carbocycles. The Bertz CT molecular complexity index is 1320. The van der Waals surface area contributed by atoms with E-state index < -0.39 is 5.63 Å². The van der Waals surface area contributed by atoms with Gasteiger partial charge in [-0.05, 0) is 80.0 Å². The fraction of sp³-hybridized carbons (Fsp3) is 0.448. The van der Waals surface area contributed by atoms with E-state index in [0.717, 1.165) is 30.7 Å². The minimum Gasteiger partial charge on any atom is -0.493 e.